The molecule has 3 rings (SSSR count). The molecule has 1 aliphatic rings. The Labute approximate surface area is 118 Å². The van der Waals surface area contributed by atoms with Gasteiger partial charge < -0.3 is 5.32 Å². The fraction of sp³-hybridized carbons (Fsp3) is 0.312. The second-order valence-electron chi connectivity index (χ2n) is 4.95. The van der Waals surface area contributed by atoms with Gasteiger partial charge in [-0.15, -0.1) is 11.3 Å². The second-order valence-corrected chi connectivity index (χ2v) is 5.84. The average molecular weight is 270 g/mol. The molecular formula is C16H18N2S. The third-order valence-corrected chi connectivity index (χ3v) is 4.36. The summed E-state index contributed by atoms with van der Waals surface area (Å²) in [6.45, 7) is 1.07. The first kappa shape index (κ1) is 12.4. The Hall–Kier alpha value is -1.61. The van der Waals surface area contributed by atoms with Crippen LogP contribution in [0.3, 0.4) is 0 Å². The quantitative estimate of drug-likeness (QED) is 0.823. The molecule has 1 N–H and O–H groups in total. The number of benzene rings is 1. The van der Waals surface area contributed by atoms with Crippen LogP contribution in [0.25, 0.3) is 10.6 Å². The molecule has 1 atom stereocenters. The molecule has 0 aliphatic heterocycles. The maximum Gasteiger partial charge on any atom is 0.123 e. The number of allylic oxidation sites excluding steroid dienone is 2. The van der Waals surface area contributed by atoms with Crippen LogP contribution in [0.4, 0.5) is 5.69 Å². The van der Waals surface area contributed by atoms with E-state index in [4.69, 9.17) is 0 Å². The molecule has 3 heteroatoms. The van der Waals surface area contributed by atoms with Gasteiger partial charge in [-0.1, -0.05) is 12.2 Å². The Balaban J connectivity index is 1.58. The van der Waals surface area contributed by atoms with Gasteiger partial charge in [-0.2, -0.15) is 0 Å². The van der Waals surface area contributed by atoms with E-state index in [2.05, 4.69) is 46.7 Å². The lowest BCUT2D eigenvalue weighted by atomic mass is 9.94. The average Bonchev–Trinajstić information content (AvgIpc) is 3.01. The highest BCUT2D eigenvalue weighted by Crippen LogP contribution is 2.24. The van der Waals surface area contributed by atoms with Gasteiger partial charge in [0, 0.05) is 29.4 Å². The first-order chi connectivity index (χ1) is 9.42. The van der Waals surface area contributed by atoms with Crippen molar-refractivity contribution in [1.29, 1.82) is 0 Å². The van der Waals surface area contributed by atoms with Crippen LogP contribution in [0.2, 0.25) is 0 Å². The highest BCUT2D eigenvalue weighted by Gasteiger charge is 2.09. The summed E-state index contributed by atoms with van der Waals surface area (Å²) < 4.78 is 0. The number of hydrogen-bond acceptors (Lipinski definition) is 3. The molecule has 0 saturated carbocycles. The lowest BCUT2D eigenvalue weighted by Crippen LogP contribution is -2.15. The van der Waals surface area contributed by atoms with E-state index >= 15 is 0 Å². The summed E-state index contributed by atoms with van der Waals surface area (Å²) >= 11 is 1.68. The Morgan fingerprint density at radius 2 is 2.11 bits per heavy atom. The minimum Gasteiger partial charge on any atom is -0.385 e. The van der Waals surface area contributed by atoms with Gasteiger partial charge >= 0.3 is 0 Å². The van der Waals surface area contributed by atoms with Gasteiger partial charge in [0.15, 0.2) is 0 Å². The van der Waals surface area contributed by atoms with Gasteiger partial charge in [0.25, 0.3) is 0 Å². The highest BCUT2D eigenvalue weighted by molar-refractivity contribution is 7.13. The first-order valence-corrected chi connectivity index (χ1v) is 7.68. The standard InChI is InChI=1S/C16H18N2S/c1-2-4-13(5-3-1)12-18-15-8-6-14(7-9-15)16-17-10-11-19-16/h1-2,6-11,13,18H,3-5,12H2. The van der Waals surface area contributed by atoms with Gasteiger partial charge in [-0.25, -0.2) is 4.98 Å². The molecule has 0 radical (unpaired) electrons. The van der Waals surface area contributed by atoms with Crippen LogP contribution in [0, 0.1) is 5.92 Å². The fourth-order valence-electron chi connectivity index (χ4n) is 2.40. The number of aromatic nitrogens is 1. The van der Waals surface area contributed by atoms with Crippen LogP contribution < -0.4 is 5.32 Å². The zero-order valence-corrected chi connectivity index (χ0v) is 11.7. The molecule has 0 bridgehead atoms. The van der Waals surface area contributed by atoms with E-state index in [1.807, 2.05) is 11.6 Å². The van der Waals surface area contributed by atoms with Gasteiger partial charge in [-0.3, -0.25) is 0 Å². The summed E-state index contributed by atoms with van der Waals surface area (Å²) in [7, 11) is 0. The molecule has 0 spiro atoms. The Kier molecular flexibility index (Phi) is 3.94. The minimum atomic E-state index is 0.781. The highest BCUT2D eigenvalue weighted by atomic mass is 32.1. The molecule has 0 fully saturated rings. The molecule has 2 aromatic rings. The predicted octanol–water partition coefficient (Wildman–Crippen LogP) is 4.58. The molecular weight excluding hydrogens is 252 g/mol. The molecule has 98 valence electrons. The lowest BCUT2D eigenvalue weighted by Gasteiger charge is -2.18. The van der Waals surface area contributed by atoms with E-state index in [9.17, 15) is 0 Å². The molecule has 1 unspecified atom stereocenters. The number of thiazole rings is 1. The molecule has 1 heterocycles. The first-order valence-electron chi connectivity index (χ1n) is 6.80. The number of nitrogens with zero attached hydrogens (tertiary/aromatic N) is 1. The summed E-state index contributed by atoms with van der Waals surface area (Å²) in [4.78, 5) is 4.33. The van der Waals surface area contributed by atoms with Crippen molar-refractivity contribution in [1.82, 2.24) is 4.98 Å². The van der Waals surface area contributed by atoms with Crippen molar-refractivity contribution >= 4 is 17.0 Å². The minimum absolute atomic E-state index is 0.781. The topological polar surface area (TPSA) is 24.9 Å². The van der Waals surface area contributed by atoms with Crippen LogP contribution in [0.5, 0.6) is 0 Å². The molecule has 1 aromatic heterocycles. The molecule has 1 aliphatic carbocycles. The van der Waals surface area contributed by atoms with E-state index < -0.39 is 0 Å². The summed E-state index contributed by atoms with van der Waals surface area (Å²) in [6, 6.07) is 8.58. The number of nitrogens with one attached hydrogen (secondary N) is 1. The van der Waals surface area contributed by atoms with E-state index in [1.165, 1.54) is 30.5 Å². The molecule has 2 nitrogen and oxygen atoms in total. The Bertz CT molecular complexity index is 528. The molecule has 0 saturated heterocycles. The van der Waals surface area contributed by atoms with Crippen molar-refractivity contribution in [2.45, 2.75) is 19.3 Å². The van der Waals surface area contributed by atoms with E-state index in [-0.39, 0.29) is 0 Å². The van der Waals surface area contributed by atoms with Gasteiger partial charge in [0.05, 0.1) is 0 Å². The van der Waals surface area contributed by atoms with E-state index in [0.717, 1.165) is 17.5 Å². The zero-order valence-electron chi connectivity index (χ0n) is 10.9. The second kappa shape index (κ2) is 6.02. The van der Waals surface area contributed by atoms with E-state index in [0.29, 0.717) is 0 Å². The Morgan fingerprint density at radius 3 is 2.79 bits per heavy atom. The molecule has 1 aromatic carbocycles. The summed E-state index contributed by atoms with van der Waals surface area (Å²) in [5, 5.41) is 6.63. The van der Waals surface area contributed by atoms with Crippen LogP contribution in [0.1, 0.15) is 19.3 Å². The maximum absolute atomic E-state index is 4.33. The summed E-state index contributed by atoms with van der Waals surface area (Å²) in [5.74, 6) is 0.781. The van der Waals surface area contributed by atoms with Crippen molar-refractivity contribution in [2.24, 2.45) is 5.92 Å². The van der Waals surface area contributed by atoms with Crippen molar-refractivity contribution in [3.63, 3.8) is 0 Å². The Morgan fingerprint density at radius 1 is 1.21 bits per heavy atom. The fourth-order valence-corrected chi connectivity index (χ4v) is 3.05. The van der Waals surface area contributed by atoms with Crippen LogP contribution in [-0.4, -0.2) is 11.5 Å². The smallest absolute Gasteiger partial charge is 0.123 e. The van der Waals surface area contributed by atoms with Crippen molar-refractivity contribution < 1.29 is 0 Å². The van der Waals surface area contributed by atoms with E-state index in [1.54, 1.807) is 11.3 Å². The largest absolute Gasteiger partial charge is 0.385 e. The van der Waals surface area contributed by atoms with Crippen molar-refractivity contribution in [2.75, 3.05) is 11.9 Å². The SMILES string of the molecule is C1=CCC(CNc2ccc(-c3nccs3)cc2)CC1. The van der Waals surface area contributed by atoms with Gasteiger partial charge in [-0.05, 0) is 49.4 Å². The third kappa shape index (κ3) is 3.24. The predicted molar refractivity (Wildman–Crippen MR) is 82.5 cm³/mol. The molecule has 19 heavy (non-hydrogen) atoms. The zero-order chi connectivity index (χ0) is 12.9. The van der Waals surface area contributed by atoms with Crippen molar-refractivity contribution in [3.8, 4) is 10.6 Å². The van der Waals surface area contributed by atoms with Crippen LogP contribution in [-0.2, 0) is 0 Å². The van der Waals surface area contributed by atoms with Crippen LogP contribution in [0.15, 0.2) is 48.0 Å². The van der Waals surface area contributed by atoms with Crippen molar-refractivity contribution in [3.05, 3.63) is 48.0 Å². The third-order valence-electron chi connectivity index (χ3n) is 3.54. The number of rotatable bonds is 4. The number of anilines is 1. The normalized spacial score (nSPS) is 18.4. The number of hydrogen-bond donors (Lipinski definition) is 1. The lowest BCUT2D eigenvalue weighted by molar-refractivity contribution is 0.504. The monoisotopic (exact) mass is 270 g/mol. The van der Waals surface area contributed by atoms with Gasteiger partial charge in [0.2, 0.25) is 0 Å². The summed E-state index contributed by atoms with van der Waals surface area (Å²) in [5.41, 5.74) is 2.40. The maximum atomic E-state index is 4.33. The van der Waals surface area contributed by atoms with Crippen LogP contribution >= 0.6 is 11.3 Å². The molecule has 0 amide bonds. The van der Waals surface area contributed by atoms with Gasteiger partial charge in [0.1, 0.15) is 5.01 Å². The summed E-state index contributed by atoms with van der Waals surface area (Å²) in [6.07, 6.45) is 10.2.